The van der Waals surface area contributed by atoms with Crippen LogP contribution in [-0.2, 0) is 42.2 Å². The molecule has 0 N–H and O–H groups in total. The molecule has 1 amide bonds. The number of amides is 1. The summed E-state index contributed by atoms with van der Waals surface area (Å²) in [6, 6.07) is 2.14. The fourth-order valence-corrected chi connectivity index (χ4v) is 2.33. The Hall–Kier alpha value is -0.846. The summed E-state index contributed by atoms with van der Waals surface area (Å²) in [5.41, 5.74) is -0.106. The normalized spacial score (nSPS) is 17.6. The molecular weight excluding hydrogens is 381 g/mol. The Balaban J connectivity index is 0.00000264. The molecule has 2 rings (SSSR count). The number of benzene rings is 1. The number of nitrogens with zero attached hydrogens (tertiary/aromatic N) is 1. The molecule has 1 heterocycles. The summed E-state index contributed by atoms with van der Waals surface area (Å²) in [6.07, 6.45) is 3.28. The largest absolute Gasteiger partial charge is 0.467 e. The van der Waals surface area contributed by atoms with Gasteiger partial charge in [0.15, 0.2) is 6.79 Å². The van der Waals surface area contributed by atoms with Crippen molar-refractivity contribution in [2.45, 2.75) is 20.3 Å². The quantitative estimate of drug-likeness (QED) is 0.565. The van der Waals surface area contributed by atoms with E-state index in [-0.39, 0.29) is 68.3 Å². The summed E-state index contributed by atoms with van der Waals surface area (Å²) in [4.78, 5) is 13.5. The van der Waals surface area contributed by atoms with Crippen molar-refractivity contribution in [1.29, 1.82) is 0 Å². The molecule has 0 spiro atoms. The third kappa shape index (κ3) is 4.37. The predicted molar refractivity (Wildman–Crippen MR) is 76.7 cm³/mol. The van der Waals surface area contributed by atoms with Crippen molar-refractivity contribution in [2.24, 2.45) is 5.92 Å². The number of carbonyl (C=O) groups is 1. The van der Waals surface area contributed by atoms with Gasteiger partial charge in [-0.25, -0.2) is 14.9 Å². The van der Waals surface area contributed by atoms with E-state index < -0.39 is 11.6 Å². The molecule has 0 saturated carbocycles. The van der Waals surface area contributed by atoms with Gasteiger partial charge in [0, 0.05) is 52.3 Å². The molecule has 1 radical (unpaired) electrons. The molecule has 1 aliphatic rings. The monoisotopic (exact) mass is 399 g/mol. The van der Waals surface area contributed by atoms with E-state index in [2.05, 4.69) is 6.08 Å². The third-order valence-electron chi connectivity index (χ3n) is 3.45. The molecule has 7 heteroatoms. The number of allylic oxidation sites excluding steroid dienone is 1. The van der Waals surface area contributed by atoms with E-state index in [4.69, 9.17) is 9.47 Å². The van der Waals surface area contributed by atoms with Gasteiger partial charge < -0.3 is 14.4 Å². The Morgan fingerprint density at radius 1 is 1.35 bits per heavy atom. The first-order chi connectivity index (χ1) is 10.5. The molecule has 1 aliphatic heterocycles. The van der Waals surface area contributed by atoms with E-state index in [9.17, 15) is 13.6 Å². The maximum absolute atomic E-state index is 14.3. The molecule has 0 fully saturated rings. The predicted octanol–water partition coefficient (Wildman–Crippen LogP) is 2.98. The number of rotatable bonds is 5. The van der Waals surface area contributed by atoms with Crippen molar-refractivity contribution in [1.82, 2.24) is 4.90 Å². The summed E-state index contributed by atoms with van der Waals surface area (Å²) < 4.78 is 38.3. The van der Waals surface area contributed by atoms with Crippen molar-refractivity contribution in [3.8, 4) is 5.75 Å². The molecule has 4 nitrogen and oxygen atoms in total. The summed E-state index contributed by atoms with van der Waals surface area (Å²) in [5, 5.41) is 0. The van der Waals surface area contributed by atoms with E-state index in [0.29, 0.717) is 13.0 Å². The Morgan fingerprint density at radius 2 is 1.96 bits per heavy atom. The molecule has 23 heavy (non-hydrogen) atoms. The Labute approximate surface area is 159 Å². The molecule has 1 aromatic carbocycles. The zero-order valence-corrected chi connectivity index (χ0v) is 16.2. The van der Waals surface area contributed by atoms with Crippen LogP contribution in [0.15, 0.2) is 12.1 Å². The van der Waals surface area contributed by atoms with E-state index >= 15 is 0 Å². The maximum Gasteiger partial charge on any atom is 0.225 e. The van der Waals surface area contributed by atoms with Crippen LogP contribution in [0.2, 0.25) is 0 Å². The van der Waals surface area contributed by atoms with Crippen LogP contribution in [0, 0.1) is 23.6 Å². The second kappa shape index (κ2) is 8.85. The van der Waals surface area contributed by atoms with Crippen molar-refractivity contribution in [3.63, 3.8) is 0 Å². The zero-order valence-electron chi connectivity index (χ0n) is 13.4. The van der Waals surface area contributed by atoms with Crippen LogP contribution >= 0.6 is 0 Å². The number of methoxy groups -OCH3 is 1. The van der Waals surface area contributed by atoms with E-state index in [1.165, 1.54) is 12.0 Å². The summed E-state index contributed by atoms with van der Waals surface area (Å²) in [5.74, 6) is -1.96. The summed E-state index contributed by atoms with van der Waals surface area (Å²) in [7, 11) is 1.41. The van der Waals surface area contributed by atoms with Gasteiger partial charge in [-0.2, -0.15) is 0 Å². The Bertz CT molecular complexity index is 584. The van der Waals surface area contributed by atoms with E-state index in [1.807, 2.05) is 0 Å². The van der Waals surface area contributed by atoms with Gasteiger partial charge in [0.2, 0.25) is 5.91 Å². The molecule has 0 aliphatic carbocycles. The SMILES string of the molecule is CCN1C(=O)C(C)C[C-]=C1c1c(F)cc(OCOC)cc1F.[Y]. The fourth-order valence-electron chi connectivity index (χ4n) is 2.33. The van der Waals surface area contributed by atoms with Gasteiger partial charge in [-0.3, -0.25) is 4.79 Å². The second-order valence-corrected chi connectivity index (χ2v) is 5.03. The van der Waals surface area contributed by atoms with Crippen LogP contribution in [0.25, 0.3) is 5.70 Å². The minimum absolute atomic E-state index is 0. The van der Waals surface area contributed by atoms with Gasteiger partial charge in [0.05, 0.1) is 11.6 Å². The average Bonchev–Trinajstić information content (AvgIpc) is 2.48. The van der Waals surface area contributed by atoms with Gasteiger partial charge in [0.1, 0.15) is 5.75 Å². The number of hydrogen-bond acceptors (Lipinski definition) is 3. The van der Waals surface area contributed by atoms with Crippen LogP contribution in [-0.4, -0.2) is 31.3 Å². The summed E-state index contributed by atoms with van der Waals surface area (Å²) >= 11 is 0. The van der Waals surface area contributed by atoms with E-state index in [1.54, 1.807) is 13.8 Å². The van der Waals surface area contributed by atoms with Crippen LogP contribution in [0.5, 0.6) is 5.75 Å². The number of ether oxygens (including phenoxy) is 2. The van der Waals surface area contributed by atoms with Gasteiger partial charge in [-0.05, 0) is 19.1 Å². The van der Waals surface area contributed by atoms with Crippen LogP contribution in [0.4, 0.5) is 8.78 Å². The van der Waals surface area contributed by atoms with Crippen molar-refractivity contribution < 1.29 is 55.8 Å². The topological polar surface area (TPSA) is 38.8 Å². The first-order valence-corrected chi connectivity index (χ1v) is 7.02. The molecule has 123 valence electrons. The first kappa shape index (κ1) is 20.2. The minimum atomic E-state index is -0.797. The van der Waals surface area contributed by atoms with Crippen LogP contribution < -0.4 is 4.74 Å². The molecule has 1 unspecified atom stereocenters. The molecule has 1 atom stereocenters. The maximum atomic E-state index is 14.3. The van der Waals surface area contributed by atoms with Crippen molar-refractivity contribution in [2.75, 3.05) is 20.4 Å². The molecule has 0 bridgehead atoms. The second-order valence-electron chi connectivity index (χ2n) is 5.03. The van der Waals surface area contributed by atoms with Gasteiger partial charge in [-0.1, -0.05) is 18.9 Å². The zero-order chi connectivity index (χ0) is 16.3. The van der Waals surface area contributed by atoms with Gasteiger partial charge >= 0.3 is 0 Å². The number of carbonyl (C=O) groups excluding carboxylic acids is 1. The fraction of sp³-hybridized carbons (Fsp3) is 0.438. The number of hydrogen-bond donors (Lipinski definition) is 0. The summed E-state index contributed by atoms with van der Waals surface area (Å²) in [6.45, 7) is 3.74. The molecule has 1 aromatic rings. The van der Waals surface area contributed by atoms with E-state index in [0.717, 1.165) is 12.1 Å². The van der Waals surface area contributed by atoms with Gasteiger partial charge in [-0.15, -0.1) is 5.70 Å². The molecular formula is C16H18F2NO3Y-. The van der Waals surface area contributed by atoms with Crippen LogP contribution in [0.1, 0.15) is 25.8 Å². The smallest absolute Gasteiger partial charge is 0.225 e. The Kier molecular flexibility index (Phi) is 7.77. The third-order valence-corrected chi connectivity index (χ3v) is 3.45. The van der Waals surface area contributed by atoms with Crippen LogP contribution in [0.3, 0.4) is 0 Å². The van der Waals surface area contributed by atoms with Crippen molar-refractivity contribution in [3.05, 3.63) is 35.4 Å². The first-order valence-electron chi connectivity index (χ1n) is 7.02. The van der Waals surface area contributed by atoms with Gasteiger partial charge in [0.25, 0.3) is 0 Å². The standard InChI is InChI=1S/C16H18F2NO3.Y/c1-4-19-14(6-5-10(2)16(19)20)15-12(17)7-11(8-13(15)18)22-9-21-3;/h7-8,10H,4-5,9H2,1-3H3;/q-1;. The van der Waals surface area contributed by atoms with Crippen molar-refractivity contribution >= 4 is 11.6 Å². The molecule has 0 saturated heterocycles. The average molecular weight is 399 g/mol. The Morgan fingerprint density at radius 3 is 2.48 bits per heavy atom. The minimum Gasteiger partial charge on any atom is -0.467 e. The number of halogens is 2. The molecule has 0 aromatic heterocycles.